The van der Waals surface area contributed by atoms with Crippen molar-refractivity contribution in [3.63, 3.8) is 0 Å². The second kappa shape index (κ2) is 5.44. The molecule has 2 aliphatic heterocycles. The lowest BCUT2D eigenvalue weighted by Crippen LogP contribution is -2.44. The summed E-state index contributed by atoms with van der Waals surface area (Å²) in [6, 6.07) is 3.63. The molecule has 0 aliphatic carbocycles. The number of ether oxygens (including phenoxy) is 1. The average Bonchev–Trinajstić information content (AvgIpc) is 3.10. The molecule has 29 heavy (non-hydrogen) atoms. The van der Waals surface area contributed by atoms with Crippen LogP contribution in [0.5, 0.6) is 11.8 Å². The van der Waals surface area contributed by atoms with Crippen LogP contribution in [0.15, 0.2) is 12.1 Å². The number of aliphatic hydroxyl groups excluding tert-OH is 2. The first-order chi connectivity index (χ1) is 13.3. The molecule has 3 heterocycles. The molecule has 1 aromatic heterocycles. The van der Waals surface area contributed by atoms with Crippen LogP contribution in [0.2, 0.25) is 0 Å². The molecule has 4 N–H and O–H groups in total. The van der Waals surface area contributed by atoms with Gasteiger partial charge in [0.2, 0.25) is 11.8 Å². The third kappa shape index (κ3) is 2.12. The lowest BCUT2D eigenvalue weighted by molar-refractivity contribution is -0.138. The Morgan fingerprint density at radius 1 is 1.07 bits per heavy atom. The third-order valence-electron chi connectivity index (χ3n) is 6.05. The molecule has 0 amide bonds. The van der Waals surface area contributed by atoms with Crippen molar-refractivity contribution in [1.82, 2.24) is 4.57 Å². The lowest BCUT2D eigenvalue weighted by atomic mass is 9.76. The van der Waals surface area contributed by atoms with E-state index < -0.39 is 52.5 Å². The van der Waals surface area contributed by atoms with Gasteiger partial charge in [0.15, 0.2) is 0 Å². The van der Waals surface area contributed by atoms with E-state index >= 15 is 0 Å². The highest BCUT2D eigenvalue weighted by Gasteiger charge is 2.69. The maximum Gasteiger partial charge on any atom is 0.418 e. The molecule has 4 atom stereocenters. The van der Waals surface area contributed by atoms with Crippen LogP contribution in [0.3, 0.4) is 0 Å². The van der Waals surface area contributed by atoms with E-state index in [9.17, 15) is 33.6 Å². The highest BCUT2D eigenvalue weighted by atomic mass is 19.4. The summed E-state index contributed by atoms with van der Waals surface area (Å²) in [5.74, 6) is -1.23. The molecule has 10 heteroatoms. The van der Waals surface area contributed by atoms with Crippen LogP contribution in [0.1, 0.15) is 41.7 Å². The minimum atomic E-state index is -4.83. The number of nitriles is 1. The van der Waals surface area contributed by atoms with Gasteiger partial charge in [-0.2, -0.15) is 18.4 Å². The highest BCUT2D eigenvalue weighted by Crippen LogP contribution is 2.64. The van der Waals surface area contributed by atoms with Gasteiger partial charge in [0.1, 0.15) is 23.4 Å². The van der Waals surface area contributed by atoms with Gasteiger partial charge < -0.3 is 25.2 Å². The molecule has 154 valence electrons. The molecule has 2 bridgehead atoms. The van der Waals surface area contributed by atoms with Crippen molar-refractivity contribution in [1.29, 1.82) is 5.26 Å². The van der Waals surface area contributed by atoms with Gasteiger partial charge >= 0.3 is 6.18 Å². The number of aromatic nitrogens is 1. The van der Waals surface area contributed by atoms with Crippen LogP contribution >= 0.6 is 0 Å². The fraction of sp³-hybridized carbons (Fsp3) is 0.421. The molecule has 0 unspecified atom stereocenters. The van der Waals surface area contributed by atoms with Gasteiger partial charge in [-0.1, -0.05) is 0 Å². The van der Waals surface area contributed by atoms with Crippen molar-refractivity contribution in [2.24, 2.45) is 0 Å². The third-order valence-corrected chi connectivity index (χ3v) is 6.05. The minimum Gasteiger partial charge on any atom is -0.494 e. The second-order valence-electron chi connectivity index (χ2n) is 7.68. The Morgan fingerprint density at radius 3 is 1.97 bits per heavy atom. The highest BCUT2D eigenvalue weighted by molar-refractivity contribution is 5.65. The standard InChI is InChI=1S/C19H17F3N2O5/c1-7-9(5-4-8(6-23)10(7)19(20,21)22)24-15(27)11-12(16(24)28)18(3)14(26)13(25)17(11,2)29-18/h4-5,13-14,25-28H,1-3H3/t13-,14-,17-,18+/m0/s1. The quantitative estimate of drug-likeness (QED) is 0.573. The smallest absolute Gasteiger partial charge is 0.418 e. The monoisotopic (exact) mass is 410 g/mol. The number of nitrogens with zero attached hydrogens (tertiary/aromatic N) is 2. The Kier molecular flexibility index (Phi) is 3.67. The van der Waals surface area contributed by atoms with Crippen molar-refractivity contribution >= 4 is 0 Å². The molecule has 2 aromatic rings. The molecule has 1 aromatic carbocycles. The maximum atomic E-state index is 13.5. The molecular formula is C19H17F3N2O5. The molecule has 7 nitrogen and oxygen atoms in total. The number of halogens is 3. The summed E-state index contributed by atoms with van der Waals surface area (Å²) in [6.07, 6.45) is -7.68. The van der Waals surface area contributed by atoms with Crippen LogP contribution in [-0.4, -0.2) is 37.2 Å². The van der Waals surface area contributed by atoms with Gasteiger partial charge in [-0.15, -0.1) is 0 Å². The summed E-state index contributed by atoms with van der Waals surface area (Å²) in [7, 11) is 0. The van der Waals surface area contributed by atoms with Gasteiger partial charge in [-0.25, -0.2) is 0 Å². The van der Waals surface area contributed by atoms with Crippen LogP contribution in [0.25, 0.3) is 5.69 Å². The normalized spacial score (nSPS) is 30.4. The first kappa shape index (κ1) is 19.6. The molecule has 0 saturated carbocycles. The number of fused-ring (bicyclic) bond motifs is 5. The first-order valence-corrected chi connectivity index (χ1v) is 8.65. The Hall–Kier alpha value is -2.74. The maximum absolute atomic E-state index is 13.5. The largest absolute Gasteiger partial charge is 0.494 e. The summed E-state index contributed by atoms with van der Waals surface area (Å²) >= 11 is 0. The van der Waals surface area contributed by atoms with Crippen molar-refractivity contribution in [3.8, 4) is 23.5 Å². The van der Waals surface area contributed by atoms with Crippen molar-refractivity contribution in [2.45, 2.75) is 50.4 Å². The lowest BCUT2D eigenvalue weighted by Gasteiger charge is -2.29. The van der Waals surface area contributed by atoms with Crippen molar-refractivity contribution in [3.05, 3.63) is 39.9 Å². The number of aromatic hydroxyl groups is 2. The van der Waals surface area contributed by atoms with Crippen LogP contribution in [0, 0.1) is 18.3 Å². The molecule has 1 saturated heterocycles. The van der Waals surface area contributed by atoms with Gasteiger partial charge in [0.05, 0.1) is 34.0 Å². The van der Waals surface area contributed by atoms with Crippen LogP contribution in [0.4, 0.5) is 13.2 Å². The number of alkyl halides is 3. The molecule has 4 rings (SSSR count). The number of benzene rings is 1. The zero-order chi connectivity index (χ0) is 21.7. The average molecular weight is 410 g/mol. The van der Waals surface area contributed by atoms with E-state index in [-0.39, 0.29) is 22.4 Å². The van der Waals surface area contributed by atoms with E-state index in [0.29, 0.717) is 0 Å². The van der Waals surface area contributed by atoms with E-state index in [1.807, 2.05) is 0 Å². The Morgan fingerprint density at radius 2 is 1.55 bits per heavy atom. The number of rotatable bonds is 1. The summed E-state index contributed by atoms with van der Waals surface area (Å²) < 4.78 is 47.2. The SMILES string of the molecule is Cc1c(-n2c(O)c3c(c2O)[C@@]2(C)O[C@]3(C)[C@@H](O)[C@@H]2O)ccc(C#N)c1C(F)(F)F. The molecule has 1 fully saturated rings. The van der Waals surface area contributed by atoms with E-state index in [1.54, 1.807) is 0 Å². The summed E-state index contributed by atoms with van der Waals surface area (Å²) in [6.45, 7) is 3.95. The predicted molar refractivity (Wildman–Crippen MR) is 91.4 cm³/mol. The Balaban J connectivity index is 2.04. The minimum absolute atomic E-state index is 0.00683. The summed E-state index contributed by atoms with van der Waals surface area (Å²) in [5.41, 5.74) is -5.49. The Labute approximate surface area is 162 Å². The Bertz CT molecular complexity index is 1060. The predicted octanol–water partition coefficient (Wildman–Crippen LogP) is 2.28. The number of hydrogen-bond donors (Lipinski definition) is 4. The van der Waals surface area contributed by atoms with E-state index in [4.69, 9.17) is 10.00 Å². The van der Waals surface area contributed by atoms with Gasteiger partial charge in [-0.3, -0.25) is 4.57 Å². The second-order valence-corrected chi connectivity index (χ2v) is 7.68. The zero-order valence-corrected chi connectivity index (χ0v) is 15.5. The van der Waals surface area contributed by atoms with Crippen molar-refractivity contribution < 1.29 is 38.3 Å². The van der Waals surface area contributed by atoms with Crippen LogP contribution in [-0.2, 0) is 22.1 Å². The van der Waals surface area contributed by atoms with Crippen molar-refractivity contribution in [2.75, 3.05) is 0 Å². The topological polar surface area (TPSA) is 119 Å². The van der Waals surface area contributed by atoms with Gasteiger partial charge in [0, 0.05) is 0 Å². The number of hydrogen-bond acceptors (Lipinski definition) is 6. The van der Waals surface area contributed by atoms with Gasteiger partial charge in [0.25, 0.3) is 0 Å². The van der Waals surface area contributed by atoms with Gasteiger partial charge in [-0.05, 0) is 38.5 Å². The first-order valence-electron chi connectivity index (χ1n) is 8.65. The number of aliphatic hydroxyl groups is 2. The molecular weight excluding hydrogens is 393 g/mol. The summed E-state index contributed by atoms with van der Waals surface area (Å²) in [5, 5.41) is 51.4. The molecule has 2 aliphatic rings. The fourth-order valence-electron chi connectivity index (χ4n) is 4.68. The molecule has 0 spiro atoms. The molecule has 0 radical (unpaired) electrons. The van der Waals surface area contributed by atoms with E-state index in [0.717, 1.165) is 17.6 Å². The van der Waals surface area contributed by atoms with E-state index in [2.05, 4.69) is 0 Å². The van der Waals surface area contributed by atoms with Crippen LogP contribution < -0.4 is 0 Å². The van der Waals surface area contributed by atoms with E-state index in [1.165, 1.54) is 26.0 Å². The zero-order valence-electron chi connectivity index (χ0n) is 15.5. The fourth-order valence-corrected chi connectivity index (χ4v) is 4.68. The summed E-state index contributed by atoms with van der Waals surface area (Å²) in [4.78, 5) is 0.